The highest BCUT2D eigenvalue weighted by Gasteiger charge is 2.10. The van der Waals surface area contributed by atoms with Gasteiger partial charge in [-0.25, -0.2) is 0 Å². The number of hydrogen-bond donors (Lipinski definition) is 0. The van der Waals surface area contributed by atoms with Crippen LogP contribution < -0.4 is 0 Å². The quantitative estimate of drug-likeness (QED) is 0.195. The number of rotatable bonds is 2. The summed E-state index contributed by atoms with van der Waals surface area (Å²) in [5, 5.41) is 15.4. The molecule has 0 spiro atoms. The fourth-order valence-corrected chi connectivity index (χ4v) is 6.79. The third-order valence-electron chi connectivity index (χ3n) is 9.00. The Morgan fingerprint density at radius 3 is 1.26 bits per heavy atom. The van der Waals surface area contributed by atoms with Crippen LogP contribution in [0.4, 0.5) is 0 Å². The third-order valence-corrected chi connectivity index (χ3v) is 9.00. The normalized spacial score (nSPS) is 11.8. The van der Waals surface area contributed by atoms with Crippen LogP contribution >= 0.6 is 0 Å². The maximum absolute atomic E-state index is 2.37. The zero-order valence-corrected chi connectivity index (χ0v) is 23.0. The zero-order valence-electron chi connectivity index (χ0n) is 23.0. The van der Waals surface area contributed by atoms with Crippen molar-refractivity contribution in [2.45, 2.75) is 0 Å². The number of hydrogen-bond acceptors (Lipinski definition) is 0. The maximum Gasteiger partial charge on any atom is -0.00987 e. The average Bonchev–Trinajstić information content (AvgIpc) is 3.07. The molecule has 0 bridgehead atoms. The smallest absolute Gasteiger partial charge is 0.00987 e. The van der Waals surface area contributed by atoms with Crippen molar-refractivity contribution < 1.29 is 0 Å². The predicted octanol–water partition coefficient (Wildman–Crippen LogP) is 11.9. The lowest BCUT2D eigenvalue weighted by molar-refractivity contribution is 1.68. The standard InChI is InChI=1S/C42H26/c1-2-7-31-23-32(13-9-27(31)5-1)34-14-10-29-17-22-40-39(41(29)25-34)21-18-30-11-15-35(26-42(30)40)33-19-20-38-36(24-33)16-12-28-6-3-4-8-37(28)38/h1-26H. The third kappa shape index (κ3) is 3.62. The first-order valence-electron chi connectivity index (χ1n) is 14.6. The molecule has 0 nitrogen and oxygen atoms in total. The molecule has 9 rings (SSSR count). The maximum atomic E-state index is 2.37. The Bertz CT molecular complexity index is 2510. The molecule has 0 fully saturated rings. The molecule has 0 heteroatoms. The van der Waals surface area contributed by atoms with E-state index in [9.17, 15) is 0 Å². The van der Waals surface area contributed by atoms with Gasteiger partial charge in [-0.3, -0.25) is 0 Å². The summed E-state index contributed by atoms with van der Waals surface area (Å²) in [4.78, 5) is 0. The van der Waals surface area contributed by atoms with E-state index in [-0.39, 0.29) is 0 Å². The molecular formula is C42H26. The Morgan fingerprint density at radius 2 is 0.571 bits per heavy atom. The molecule has 0 saturated heterocycles. The van der Waals surface area contributed by atoms with E-state index in [1.165, 1.54) is 86.9 Å². The minimum Gasteiger partial charge on any atom is -0.0616 e. The molecule has 0 atom stereocenters. The lowest BCUT2D eigenvalue weighted by Crippen LogP contribution is -1.85. The average molecular weight is 531 g/mol. The van der Waals surface area contributed by atoms with Crippen LogP contribution in [0.5, 0.6) is 0 Å². The van der Waals surface area contributed by atoms with Crippen LogP contribution in [0.25, 0.3) is 86.9 Å². The molecule has 0 aromatic heterocycles. The molecule has 0 saturated carbocycles. The van der Waals surface area contributed by atoms with Gasteiger partial charge < -0.3 is 0 Å². The summed E-state index contributed by atoms with van der Waals surface area (Å²) >= 11 is 0. The van der Waals surface area contributed by atoms with E-state index in [0.717, 1.165) is 0 Å². The van der Waals surface area contributed by atoms with Gasteiger partial charge in [0.25, 0.3) is 0 Å². The Kier molecular flexibility index (Phi) is 5.00. The minimum atomic E-state index is 1.25. The van der Waals surface area contributed by atoms with Crippen LogP contribution in [0.3, 0.4) is 0 Å². The SMILES string of the molecule is c1ccc2cc(-c3ccc4ccc5c6cc(-c7ccc8c(ccc9ccccc98)c7)ccc6ccc5c4c3)ccc2c1. The van der Waals surface area contributed by atoms with Gasteiger partial charge in [-0.1, -0.05) is 133 Å². The monoisotopic (exact) mass is 530 g/mol. The van der Waals surface area contributed by atoms with Crippen LogP contribution in [0, 0.1) is 0 Å². The molecular weight excluding hydrogens is 504 g/mol. The van der Waals surface area contributed by atoms with Crippen molar-refractivity contribution in [3.8, 4) is 22.3 Å². The Labute approximate surface area is 244 Å². The van der Waals surface area contributed by atoms with Crippen molar-refractivity contribution in [2.75, 3.05) is 0 Å². The number of fused-ring (bicyclic) bond motifs is 9. The Balaban J connectivity index is 1.20. The summed E-state index contributed by atoms with van der Waals surface area (Å²) in [5.74, 6) is 0. The minimum absolute atomic E-state index is 1.25. The van der Waals surface area contributed by atoms with Crippen molar-refractivity contribution in [2.24, 2.45) is 0 Å². The molecule has 0 aliphatic heterocycles. The van der Waals surface area contributed by atoms with Crippen molar-refractivity contribution in [3.63, 3.8) is 0 Å². The second kappa shape index (κ2) is 9.03. The van der Waals surface area contributed by atoms with Gasteiger partial charge in [-0.15, -0.1) is 0 Å². The second-order valence-electron chi connectivity index (χ2n) is 11.4. The second-order valence-corrected chi connectivity index (χ2v) is 11.4. The fraction of sp³-hybridized carbons (Fsp3) is 0. The lowest BCUT2D eigenvalue weighted by atomic mass is 9.92. The first kappa shape index (κ1) is 23.3. The summed E-state index contributed by atoms with van der Waals surface area (Å²) in [6.07, 6.45) is 0. The van der Waals surface area contributed by atoms with Crippen molar-refractivity contribution >= 4 is 64.6 Å². The van der Waals surface area contributed by atoms with E-state index in [2.05, 4.69) is 158 Å². The van der Waals surface area contributed by atoms with Gasteiger partial charge in [-0.2, -0.15) is 0 Å². The van der Waals surface area contributed by atoms with E-state index in [0.29, 0.717) is 0 Å². The summed E-state index contributed by atoms with van der Waals surface area (Å²) in [6.45, 7) is 0. The highest BCUT2D eigenvalue weighted by atomic mass is 14.1. The molecule has 42 heavy (non-hydrogen) atoms. The van der Waals surface area contributed by atoms with Crippen LogP contribution in [0.1, 0.15) is 0 Å². The first-order chi connectivity index (χ1) is 20.8. The van der Waals surface area contributed by atoms with Crippen molar-refractivity contribution in [1.82, 2.24) is 0 Å². The van der Waals surface area contributed by atoms with Gasteiger partial charge in [-0.05, 0) is 111 Å². The first-order valence-corrected chi connectivity index (χ1v) is 14.6. The van der Waals surface area contributed by atoms with Gasteiger partial charge in [0.15, 0.2) is 0 Å². The van der Waals surface area contributed by atoms with Gasteiger partial charge in [0.2, 0.25) is 0 Å². The van der Waals surface area contributed by atoms with E-state index in [4.69, 9.17) is 0 Å². The highest BCUT2D eigenvalue weighted by molar-refractivity contribution is 6.18. The molecule has 0 amide bonds. The van der Waals surface area contributed by atoms with Gasteiger partial charge >= 0.3 is 0 Å². The summed E-state index contributed by atoms with van der Waals surface area (Å²) in [7, 11) is 0. The number of benzene rings is 9. The molecule has 0 radical (unpaired) electrons. The molecule has 0 aliphatic rings. The largest absolute Gasteiger partial charge is 0.0616 e. The summed E-state index contributed by atoms with van der Waals surface area (Å²) < 4.78 is 0. The highest BCUT2D eigenvalue weighted by Crippen LogP contribution is 2.37. The van der Waals surface area contributed by atoms with E-state index in [1.54, 1.807) is 0 Å². The van der Waals surface area contributed by atoms with Crippen LogP contribution in [0.15, 0.2) is 158 Å². The molecule has 9 aromatic carbocycles. The molecule has 0 aliphatic carbocycles. The lowest BCUT2D eigenvalue weighted by Gasteiger charge is -2.12. The van der Waals surface area contributed by atoms with Crippen molar-refractivity contribution in [1.29, 1.82) is 0 Å². The van der Waals surface area contributed by atoms with Crippen molar-refractivity contribution in [3.05, 3.63) is 158 Å². The van der Waals surface area contributed by atoms with E-state index in [1.807, 2.05) is 0 Å². The Hall–Kier alpha value is -5.46. The van der Waals surface area contributed by atoms with Gasteiger partial charge in [0.1, 0.15) is 0 Å². The Morgan fingerprint density at radius 1 is 0.190 bits per heavy atom. The topological polar surface area (TPSA) is 0 Å². The predicted molar refractivity (Wildman–Crippen MR) is 182 cm³/mol. The summed E-state index contributed by atoms with van der Waals surface area (Å²) in [6, 6.07) is 58.3. The van der Waals surface area contributed by atoms with Gasteiger partial charge in [0.05, 0.1) is 0 Å². The zero-order chi connectivity index (χ0) is 27.6. The molecule has 9 aromatic rings. The fourth-order valence-electron chi connectivity index (χ4n) is 6.79. The molecule has 194 valence electrons. The molecule has 0 unspecified atom stereocenters. The van der Waals surface area contributed by atoms with E-state index >= 15 is 0 Å². The van der Waals surface area contributed by atoms with Gasteiger partial charge in [0, 0.05) is 0 Å². The van der Waals surface area contributed by atoms with E-state index < -0.39 is 0 Å². The van der Waals surface area contributed by atoms with Crippen LogP contribution in [-0.2, 0) is 0 Å². The van der Waals surface area contributed by atoms with Crippen LogP contribution in [-0.4, -0.2) is 0 Å². The molecule has 0 N–H and O–H groups in total. The van der Waals surface area contributed by atoms with Crippen LogP contribution in [0.2, 0.25) is 0 Å². The molecule has 0 heterocycles. The summed E-state index contributed by atoms with van der Waals surface area (Å²) in [5.41, 5.74) is 4.99.